The molecular weight excluding hydrogens is 278 g/mol. The van der Waals surface area contributed by atoms with Gasteiger partial charge >= 0.3 is 0 Å². The van der Waals surface area contributed by atoms with Crippen LogP contribution >= 0.6 is 11.8 Å². The normalized spacial score (nSPS) is 14.7. The van der Waals surface area contributed by atoms with E-state index < -0.39 is 0 Å². The summed E-state index contributed by atoms with van der Waals surface area (Å²) in [5.41, 5.74) is 2.74. The van der Waals surface area contributed by atoms with Crippen LogP contribution < -0.4 is 0 Å². The standard InChI is InChI=1S/C18H19NOS/c1-21-16-9-7-14(8-10-16)18(20)17-6-3-2-5-15(17)13-19-11-4-12-19/h2-3,5-10H,4,11-13H2,1H3. The molecule has 0 bridgehead atoms. The Kier molecular flexibility index (Phi) is 4.42. The van der Waals surface area contributed by atoms with Gasteiger partial charge in [0.25, 0.3) is 0 Å². The Balaban J connectivity index is 1.85. The van der Waals surface area contributed by atoms with Gasteiger partial charge in [0.2, 0.25) is 0 Å². The Morgan fingerprint density at radius 1 is 1.10 bits per heavy atom. The first-order valence-electron chi connectivity index (χ1n) is 7.27. The smallest absolute Gasteiger partial charge is 0.193 e. The number of rotatable bonds is 5. The summed E-state index contributed by atoms with van der Waals surface area (Å²) in [4.78, 5) is 16.3. The van der Waals surface area contributed by atoms with Crippen LogP contribution in [-0.2, 0) is 6.54 Å². The van der Waals surface area contributed by atoms with E-state index in [0.717, 1.165) is 36.3 Å². The van der Waals surface area contributed by atoms with Crippen LogP contribution in [0.3, 0.4) is 0 Å². The van der Waals surface area contributed by atoms with Crippen LogP contribution in [0.1, 0.15) is 27.9 Å². The van der Waals surface area contributed by atoms with Crippen molar-refractivity contribution in [3.63, 3.8) is 0 Å². The Hall–Kier alpha value is -1.58. The van der Waals surface area contributed by atoms with E-state index in [1.54, 1.807) is 11.8 Å². The topological polar surface area (TPSA) is 20.3 Å². The summed E-state index contributed by atoms with van der Waals surface area (Å²) >= 11 is 1.69. The fourth-order valence-electron chi connectivity index (χ4n) is 2.56. The van der Waals surface area contributed by atoms with Crippen LogP contribution in [0.5, 0.6) is 0 Å². The van der Waals surface area contributed by atoms with Crippen LogP contribution in [0.25, 0.3) is 0 Å². The largest absolute Gasteiger partial charge is 0.299 e. The van der Waals surface area contributed by atoms with Crippen molar-refractivity contribution in [3.05, 3.63) is 65.2 Å². The van der Waals surface area contributed by atoms with Crippen molar-refractivity contribution < 1.29 is 4.79 Å². The van der Waals surface area contributed by atoms with E-state index in [1.165, 1.54) is 11.3 Å². The van der Waals surface area contributed by atoms with Crippen LogP contribution in [-0.4, -0.2) is 30.0 Å². The van der Waals surface area contributed by atoms with Gasteiger partial charge in [0, 0.05) is 22.6 Å². The number of hydrogen-bond donors (Lipinski definition) is 0. The SMILES string of the molecule is CSc1ccc(C(=O)c2ccccc2CN2CCC2)cc1. The minimum atomic E-state index is 0.124. The third kappa shape index (κ3) is 3.20. The third-order valence-corrected chi connectivity index (χ3v) is 4.70. The summed E-state index contributed by atoms with van der Waals surface area (Å²) in [6.45, 7) is 3.17. The third-order valence-electron chi connectivity index (χ3n) is 3.96. The van der Waals surface area contributed by atoms with Crippen LogP contribution in [0, 0.1) is 0 Å². The number of likely N-dealkylation sites (tertiary alicyclic amines) is 1. The van der Waals surface area contributed by atoms with Gasteiger partial charge in [-0.15, -0.1) is 11.8 Å². The summed E-state index contributed by atoms with van der Waals surface area (Å²) in [5.74, 6) is 0.124. The average molecular weight is 297 g/mol. The van der Waals surface area contributed by atoms with Crippen LogP contribution in [0.4, 0.5) is 0 Å². The predicted octanol–water partition coefficient (Wildman–Crippen LogP) is 3.85. The molecule has 3 rings (SSSR count). The zero-order valence-corrected chi connectivity index (χ0v) is 13.0. The van der Waals surface area contributed by atoms with Crippen molar-refractivity contribution in [1.82, 2.24) is 4.90 Å². The minimum absolute atomic E-state index is 0.124. The highest BCUT2D eigenvalue weighted by Gasteiger charge is 2.18. The molecule has 1 heterocycles. The molecule has 0 unspecified atom stereocenters. The molecule has 0 aliphatic carbocycles. The molecular formula is C18H19NOS. The summed E-state index contributed by atoms with van der Waals surface area (Å²) in [7, 11) is 0. The Morgan fingerprint density at radius 3 is 2.43 bits per heavy atom. The molecule has 3 heteroatoms. The maximum absolute atomic E-state index is 12.7. The fraction of sp³-hybridized carbons (Fsp3) is 0.278. The van der Waals surface area contributed by atoms with E-state index in [0.29, 0.717) is 0 Å². The first kappa shape index (κ1) is 14.4. The first-order valence-corrected chi connectivity index (χ1v) is 8.49. The molecule has 1 aliphatic heterocycles. The lowest BCUT2D eigenvalue weighted by Gasteiger charge is -2.31. The number of carbonyl (C=O) groups is 1. The predicted molar refractivity (Wildman–Crippen MR) is 88.0 cm³/mol. The van der Waals surface area contributed by atoms with Gasteiger partial charge in [0.05, 0.1) is 0 Å². The lowest BCUT2D eigenvalue weighted by molar-refractivity contribution is 0.103. The van der Waals surface area contributed by atoms with Gasteiger partial charge in [-0.1, -0.05) is 24.3 Å². The maximum atomic E-state index is 12.7. The van der Waals surface area contributed by atoms with Gasteiger partial charge in [0.1, 0.15) is 0 Å². The molecule has 2 aromatic rings. The van der Waals surface area contributed by atoms with Crippen LogP contribution in [0.2, 0.25) is 0 Å². The number of carbonyl (C=O) groups excluding carboxylic acids is 1. The molecule has 108 valence electrons. The van der Waals surface area contributed by atoms with Crippen molar-refractivity contribution in [3.8, 4) is 0 Å². The van der Waals surface area contributed by atoms with E-state index in [4.69, 9.17) is 0 Å². The second-order valence-corrected chi connectivity index (χ2v) is 6.22. The second kappa shape index (κ2) is 6.46. The van der Waals surface area contributed by atoms with E-state index in [9.17, 15) is 4.79 Å². The van der Waals surface area contributed by atoms with E-state index in [-0.39, 0.29) is 5.78 Å². The van der Waals surface area contributed by atoms with Crippen LogP contribution in [0.15, 0.2) is 53.4 Å². The Bertz CT molecular complexity index is 632. The lowest BCUT2D eigenvalue weighted by Crippen LogP contribution is -2.36. The van der Waals surface area contributed by atoms with Gasteiger partial charge in [-0.2, -0.15) is 0 Å². The Labute approximate surface area is 130 Å². The number of nitrogens with zero attached hydrogens (tertiary/aromatic N) is 1. The van der Waals surface area contributed by atoms with Gasteiger partial charge in [-0.25, -0.2) is 0 Å². The number of thioether (sulfide) groups is 1. The summed E-state index contributed by atoms with van der Waals surface area (Å²) in [6, 6.07) is 15.8. The summed E-state index contributed by atoms with van der Waals surface area (Å²) in [5, 5.41) is 0. The van der Waals surface area contributed by atoms with Gasteiger partial charge in [-0.05, 0) is 55.6 Å². The Morgan fingerprint density at radius 2 is 1.81 bits per heavy atom. The molecule has 0 atom stereocenters. The zero-order chi connectivity index (χ0) is 14.7. The molecule has 1 saturated heterocycles. The van der Waals surface area contributed by atoms with Gasteiger partial charge in [0.15, 0.2) is 5.78 Å². The molecule has 1 fully saturated rings. The summed E-state index contributed by atoms with van der Waals surface area (Å²) < 4.78 is 0. The van der Waals surface area contributed by atoms with Gasteiger partial charge < -0.3 is 0 Å². The molecule has 1 aliphatic rings. The highest BCUT2D eigenvalue weighted by atomic mass is 32.2. The quantitative estimate of drug-likeness (QED) is 0.617. The molecule has 2 aromatic carbocycles. The fourth-order valence-corrected chi connectivity index (χ4v) is 2.97. The van der Waals surface area contributed by atoms with E-state index in [1.807, 2.05) is 48.7 Å². The van der Waals surface area contributed by atoms with Crippen molar-refractivity contribution in [2.24, 2.45) is 0 Å². The lowest BCUT2D eigenvalue weighted by atomic mass is 9.97. The molecule has 0 amide bonds. The number of hydrogen-bond acceptors (Lipinski definition) is 3. The highest BCUT2D eigenvalue weighted by Crippen LogP contribution is 2.21. The van der Waals surface area contributed by atoms with Crippen molar-refractivity contribution >= 4 is 17.5 Å². The van der Waals surface area contributed by atoms with Crippen molar-refractivity contribution in [2.75, 3.05) is 19.3 Å². The molecule has 2 nitrogen and oxygen atoms in total. The molecule has 0 N–H and O–H groups in total. The minimum Gasteiger partial charge on any atom is -0.299 e. The first-order chi connectivity index (χ1) is 10.3. The maximum Gasteiger partial charge on any atom is 0.193 e. The van der Waals surface area contributed by atoms with E-state index in [2.05, 4.69) is 11.0 Å². The van der Waals surface area contributed by atoms with E-state index >= 15 is 0 Å². The zero-order valence-electron chi connectivity index (χ0n) is 12.2. The monoisotopic (exact) mass is 297 g/mol. The molecule has 0 aromatic heterocycles. The molecule has 0 saturated carbocycles. The van der Waals surface area contributed by atoms with Crippen molar-refractivity contribution in [2.45, 2.75) is 17.9 Å². The van der Waals surface area contributed by atoms with Crippen molar-refractivity contribution in [1.29, 1.82) is 0 Å². The number of benzene rings is 2. The average Bonchev–Trinajstić information content (AvgIpc) is 2.51. The highest BCUT2D eigenvalue weighted by molar-refractivity contribution is 7.98. The van der Waals surface area contributed by atoms with Gasteiger partial charge in [-0.3, -0.25) is 9.69 Å². The molecule has 0 spiro atoms. The second-order valence-electron chi connectivity index (χ2n) is 5.34. The molecule has 0 radical (unpaired) electrons. The molecule has 21 heavy (non-hydrogen) atoms. The summed E-state index contributed by atoms with van der Waals surface area (Å²) in [6.07, 6.45) is 3.31. The number of ketones is 1.